The van der Waals surface area contributed by atoms with Crippen molar-refractivity contribution in [3.05, 3.63) is 34.9 Å². The van der Waals surface area contributed by atoms with Crippen LogP contribution in [-0.4, -0.2) is 4.87 Å². The fourth-order valence-electron chi connectivity index (χ4n) is 2.51. The zero-order valence-electron chi connectivity index (χ0n) is 9.84. The molecule has 88 valence electrons. The smallest absolute Gasteiger partial charge is 0.0652 e. The van der Waals surface area contributed by atoms with E-state index < -0.39 is 0 Å². The Balaban J connectivity index is 2.17. The second kappa shape index (κ2) is 4.58. The topological polar surface area (TPSA) is 0 Å². The quantitative estimate of drug-likeness (QED) is 0.456. The van der Waals surface area contributed by atoms with Crippen molar-refractivity contribution in [1.29, 1.82) is 0 Å². The van der Waals surface area contributed by atoms with E-state index in [1.54, 1.807) is 0 Å². The van der Waals surface area contributed by atoms with Crippen LogP contribution in [-0.2, 0) is 0 Å². The SMILES string of the molecule is CC1C=CC(C2=CC(Cl)=CC(C)(Cl)C2)CC1. The summed E-state index contributed by atoms with van der Waals surface area (Å²) in [6.45, 7) is 4.29. The summed E-state index contributed by atoms with van der Waals surface area (Å²) in [5.74, 6) is 1.26. The summed E-state index contributed by atoms with van der Waals surface area (Å²) in [6, 6.07) is 0. The molecular formula is C14H18Cl2. The van der Waals surface area contributed by atoms with Gasteiger partial charge in [-0.2, -0.15) is 0 Å². The molecule has 2 aliphatic carbocycles. The van der Waals surface area contributed by atoms with Gasteiger partial charge in [-0.25, -0.2) is 0 Å². The standard InChI is InChI=1S/C14H18Cl2/c1-10-3-5-11(6-4-10)12-7-13(15)9-14(2,16)8-12/h3,5,7,9-11H,4,6,8H2,1-2H3. The first-order chi connectivity index (χ1) is 7.46. The summed E-state index contributed by atoms with van der Waals surface area (Å²) < 4.78 is 0. The highest BCUT2D eigenvalue weighted by atomic mass is 35.5. The van der Waals surface area contributed by atoms with Gasteiger partial charge in [0.05, 0.1) is 4.87 Å². The molecule has 0 N–H and O–H groups in total. The average molecular weight is 257 g/mol. The summed E-state index contributed by atoms with van der Waals surface area (Å²) in [5.41, 5.74) is 1.38. The van der Waals surface area contributed by atoms with Gasteiger partial charge in [0, 0.05) is 5.03 Å². The van der Waals surface area contributed by atoms with Gasteiger partial charge in [-0.1, -0.05) is 36.2 Å². The molecule has 0 aromatic carbocycles. The zero-order valence-corrected chi connectivity index (χ0v) is 11.4. The lowest BCUT2D eigenvalue weighted by molar-refractivity contribution is 0.499. The maximum atomic E-state index is 6.38. The van der Waals surface area contributed by atoms with Crippen molar-refractivity contribution in [3.8, 4) is 0 Å². The molecule has 0 saturated heterocycles. The maximum absolute atomic E-state index is 6.38. The van der Waals surface area contributed by atoms with Crippen molar-refractivity contribution in [2.45, 2.75) is 38.0 Å². The third-order valence-electron chi connectivity index (χ3n) is 3.39. The average Bonchev–Trinajstić information content (AvgIpc) is 2.15. The maximum Gasteiger partial charge on any atom is 0.0652 e. The van der Waals surface area contributed by atoms with Gasteiger partial charge in [0.15, 0.2) is 0 Å². The molecule has 0 amide bonds. The molecule has 0 nitrogen and oxygen atoms in total. The molecule has 16 heavy (non-hydrogen) atoms. The van der Waals surface area contributed by atoms with Crippen LogP contribution in [0.15, 0.2) is 34.9 Å². The predicted molar refractivity (Wildman–Crippen MR) is 71.9 cm³/mol. The Morgan fingerprint density at radius 3 is 2.62 bits per heavy atom. The molecule has 0 aliphatic heterocycles. The first kappa shape index (κ1) is 12.3. The first-order valence-electron chi connectivity index (χ1n) is 5.92. The fraction of sp³-hybridized carbons (Fsp3) is 0.571. The van der Waals surface area contributed by atoms with Gasteiger partial charge in [-0.15, -0.1) is 11.6 Å². The highest BCUT2D eigenvalue weighted by Crippen LogP contribution is 2.39. The summed E-state index contributed by atoms with van der Waals surface area (Å²) in [5, 5.41) is 0.783. The van der Waals surface area contributed by atoms with E-state index in [1.165, 1.54) is 18.4 Å². The van der Waals surface area contributed by atoms with Crippen LogP contribution in [0.4, 0.5) is 0 Å². The Morgan fingerprint density at radius 1 is 1.31 bits per heavy atom. The van der Waals surface area contributed by atoms with Crippen LogP contribution in [0.2, 0.25) is 0 Å². The second-order valence-electron chi connectivity index (χ2n) is 5.25. The van der Waals surface area contributed by atoms with Crippen molar-refractivity contribution in [2.24, 2.45) is 11.8 Å². The summed E-state index contributed by atoms with van der Waals surface area (Å²) in [7, 11) is 0. The fourth-order valence-corrected chi connectivity index (χ4v) is 3.22. The van der Waals surface area contributed by atoms with E-state index in [0.29, 0.717) is 11.8 Å². The third kappa shape index (κ3) is 2.93. The molecule has 0 radical (unpaired) electrons. The zero-order chi connectivity index (χ0) is 11.8. The van der Waals surface area contributed by atoms with Crippen LogP contribution in [0.25, 0.3) is 0 Å². The lowest BCUT2D eigenvalue weighted by Crippen LogP contribution is -2.21. The van der Waals surface area contributed by atoms with Crippen molar-refractivity contribution in [3.63, 3.8) is 0 Å². The molecule has 0 aromatic rings. The number of hydrogen-bond acceptors (Lipinski definition) is 0. The Morgan fingerprint density at radius 2 is 2.06 bits per heavy atom. The molecule has 3 atom stereocenters. The highest BCUT2D eigenvalue weighted by molar-refractivity contribution is 6.33. The van der Waals surface area contributed by atoms with E-state index in [1.807, 2.05) is 13.0 Å². The molecule has 0 saturated carbocycles. The van der Waals surface area contributed by atoms with Crippen LogP contribution in [0.3, 0.4) is 0 Å². The summed E-state index contributed by atoms with van der Waals surface area (Å²) >= 11 is 12.5. The lowest BCUT2D eigenvalue weighted by atomic mass is 9.80. The van der Waals surface area contributed by atoms with Crippen molar-refractivity contribution in [2.75, 3.05) is 0 Å². The minimum absolute atomic E-state index is 0.307. The Hall–Kier alpha value is -0.200. The van der Waals surface area contributed by atoms with Crippen molar-refractivity contribution in [1.82, 2.24) is 0 Å². The number of alkyl halides is 1. The van der Waals surface area contributed by atoms with Crippen molar-refractivity contribution < 1.29 is 0 Å². The molecule has 0 aromatic heterocycles. The number of halogens is 2. The van der Waals surface area contributed by atoms with Crippen LogP contribution in [0.5, 0.6) is 0 Å². The number of hydrogen-bond donors (Lipinski definition) is 0. The Bertz CT molecular complexity index is 361. The highest BCUT2D eigenvalue weighted by Gasteiger charge is 2.28. The van der Waals surface area contributed by atoms with E-state index in [-0.39, 0.29) is 4.87 Å². The summed E-state index contributed by atoms with van der Waals surface area (Å²) in [6.07, 6.45) is 12.1. The number of allylic oxidation sites excluding steroid dienone is 6. The van der Waals surface area contributed by atoms with Gasteiger partial charge in [0.25, 0.3) is 0 Å². The molecular weight excluding hydrogens is 239 g/mol. The third-order valence-corrected chi connectivity index (χ3v) is 3.85. The van der Waals surface area contributed by atoms with Gasteiger partial charge in [0.2, 0.25) is 0 Å². The van der Waals surface area contributed by atoms with Gasteiger partial charge in [-0.3, -0.25) is 0 Å². The molecule has 3 unspecified atom stereocenters. The van der Waals surface area contributed by atoms with E-state index in [0.717, 1.165) is 11.5 Å². The molecule has 2 rings (SSSR count). The van der Waals surface area contributed by atoms with Gasteiger partial charge >= 0.3 is 0 Å². The molecule has 2 aliphatic rings. The minimum Gasteiger partial charge on any atom is -0.115 e. The van der Waals surface area contributed by atoms with E-state index in [2.05, 4.69) is 25.2 Å². The molecule has 2 heteroatoms. The normalized spacial score (nSPS) is 39.2. The van der Waals surface area contributed by atoms with Gasteiger partial charge in [-0.05, 0) is 50.2 Å². The summed E-state index contributed by atoms with van der Waals surface area (Å²) in [4.78, 5) is -0.307. The first-order valence-corrected chi connectivity index (χ1v) is 6.68. The predicted octanol–water partition coefficient (Wildman–Crippen LogP) is 5.04. The van der Waals surface area contributed by atoms with Crippen LogP contribution >= 0.6 is 23.2 Å². The Labute approximate surface area is 108 Å². The van der Waals surface area contributed by atoms with E-state index >= 15 is 0 Å². The van der Waals surface area contributed by atoms with Crippen LogP contribution < -0.4 is 0 Å². The van der Waals surface area contributed by atoms with Gasteiger partial charge in [0.1, 0.15) is 0 Å². The molecule has 0 bridgehead atoms. The van der Waals surface area contributed by atoms with Crippen LogP contribution in [0.1, 0.15) is 33.1 Å². The monoisotopic (exact) mass is 256 g/mol. The van der Waals surface area contributed by atoms with E-state index in [4.69, 9.17) is 23.2 Å². The van der Waals surface area contributed by atoms with Gasteiger partial charge < -0.3 is 0 Å². The lowest BCUT2D eigenvalue weighted by Gasteiger charge is -2.30. The minimum atomic E-state index is -0.307. The Kier molecular flexibility index (Phi) is 3.51. The number of rotatable bonds is 1. The van der Waals surface area contributed by atoms with Crippen molar-refractivity contribution >= 4 is 23.2 Å². The molecule has 0 fully saturated rings. The second-order valence-corrected chi connectivity index (χ2v) is 6.55. The largest absolute Gasteiger partial charge is 0.115 e. The molecule has 0 spiro atoms. The van der Waals surface area contributed by atoms with E-state index in [9.17, 15) is 0 Å². The molecule has 0 heterocycles. The van der Waals surface area contributed by atoms with Crippen LogP contribution in [0, 0.1) is 11.8 Å².